The van der Waals surface area contributed by atoms with Gasteiger partial charge >= 0.3 is 0 Å². The first kappa shape index (κ1) is 21.8. The highest BCUT2D eigenvalue weighted by Gasteiger charge is 2.41. The maximum atomic E-state index is 13.0. The van der Waals surface area contributed by atoms with Crippen LogP contribution in [-0.2, 0) is 6.54 Å². The summed E-state index contributed by atoms with van der Waals surface area (Å²) in [5, 5.41) is 4.17. The number of rotatable bonds is 5. The van der Waals surface area contributed by atoms with Gasteiger partial charge in [0.2, 0.25) is 0 Å². The monoisotopic (exact) mass is 463 g/mol. The summed E-state index contributed by atoms with van der Waals surface area (Å²) in [6, 6.07) is 2.82. The SMILES string of the molecule is Cc1nn(CC(F)F)c2nc(N3CCC4(CCN(c5cc(C(F)F)ccn5)CC4)C3)cnc12. The fraction of sp³-hybridized carbons (Fsp3) is 0.545. The number of hydrogen-bond acceptors (Lipinski definition) is 6. The molecule has 0 atom stereocenters. The number of hydrogen-bond donors (Lipinski definition) is 0. The van der Waals surface area contributed by atoms with Gasteiger partial charge in [-0.1, -0.05) is 0 Å². The molecule has 0 aromatic carbocycles. The number of anilines is 2. The normalized spacial score (nSPS) is 18.4. The lowest BCUT2D eigenvalue weighted by molar-refractivity contribution is 0.123. The maximum absolute atomic E-state index is 13.0. The second-order valence-electron chi connectivity index (χ2n) is 8.97. The lowest BCUT2D eigenvalue weighted by Crippen LogP contribution is -2.42. The molecule has 2 aliphatic heterocycles. The third-order valence-electron chi connectivity index (χ3n) is 6.84. The molecule has 3 aromatic rings. The van der Waals surface area contributed by atoms with Gasteiger partial charge in [-0.05, 0) is 43.7 Å². The van der Waals surface area contributed by atoms with Gasteiger partial charge in [0.25, 0.3) is 12.9 Å². The van der Waals surface area contributed by atoms with Gasteiger partial charge in [-0.2, -0.15) is 5.10 Å². The number of pyridine rings is 1. The van der Waals surface area contributed by atoms with Crippen LogP contribution in [0.1, 0.15) is 36.9 Å². The zero-order valence-electron chi connectivity index (χ0n) is 18.3. The number of nitrogens with zero attached hydrogens (tertiary/aromatic N) is 7. The summed E-state index contributed by atoms with van der Waals surface area (Å²) in [6.45, 7) is 4.33. The van der Waals surface area contributed by atoms with E-state index >= 15 is 0 Å². The van der Waals surface area contributed by atoms with Crippen molar-refractivity contribution >= 4 is 22.8 Å². The fourth-order valence-electron chi connectivity index (χ4n) is 4.98. The molecule has 7 nitrogen and oxygen atoms in total. The molecule has 5 rings (SSSR count). The van der Waals surface area contributed by atoms with Crippen molar-refractivity contribution < 1.29 is 17.6 Å². The average Bonchev–Trinajstić information content (AvgIpc) is 3.35. The first-order chi connectivity index (χ1) is 15.8. The second-order valence-corrected chi connectivity index (χ2v) is 8.97. The van der Waals surface area contributed by atoms with Gasteiger partial charge in [-0.15, -0.1) is 0 Å². The highest BCUT2D eigenvalue weighted by molar-refractivity contribution is 5.74. The minimum absolute atomic E-state index is 0.0115. The van der Waals surface area contributed by atoms with Crippen LogP contribution in [0.4, 0.5) is 29.2 Å². The minimum atomic E-state index is -2.52. The van der Waals surface area contributed by atoms with Crippen molar-refractivity contribution in [2.24, 2.45) is 5.41 Å². The van der Waals surface area contributed by atoms with Crippen molar-refractivity contribution in [3.63, 3.8) is 0 Å². The molecule has 3 aromatic heterocycles. The number of fused-ring (bicyclic) bond motifs is 1. The molecular formula is C22H25F4N7. The van der Waals surface area contributed by atoms with Gasteiger partial charge in [0.05, 0.1) is 11.9 Å². The van der Waals surface area contributed by atoms with E-state index in [0.29, 0.717) is 28.5 Å². The summed E-state index contributed by atoms with van der Waals surface area (Å²) in [7, 11) is 0. The van der Waals surface area contributed by atoms with Gasteiger partial charge in [-0.3, -0.25) is 0 Å². The van der Waals surface area contributed by atoms with Gasteiger partial charge in [0.15, 0.2) is 5.65 Å². The van der Waals surface area contributed by atoms with Crippen molar-refractivity contribution in [1.29, 1.82) is 0 Å². The van der Waals surface area contributed by atoms with Crippen molar-refractivity contribution in [3.8, 4) is 0 Å². The van der Waals surface area contributed by atoms with Gasteiger partial charge < -0.3 is 9.80 Å². The molecule has 0 amide bonds. The zero-order chi connectivity index (χ0) is 23.2. The summed E-state index contributed by atoms with van der Waals surface area (Å²) in [6.07, 6.45) is 0.926. The molecule has 1 spiro atoms. The Morgan fingerprint density at radius 3 is 2.42 bits per heavy atom. The number of piperidine rings is 1. The summed E-state index contributed by atoms with van der Waals surface area (Å²) >= 11 is 0. The van der Waals surface area contributed by atoms with Crippen LogP contribution >= 0.6 is 0 Å². The van der Waals surface area contributed by atoms with E-state index in [0.717, 1.165) is 45.4 Å². The Kier molecular flexibility index (Phi) is 5.57. The van der Waals surface area contributed by atoms with E-state index in [1.54, 1.807) is 13.1 Å². The highest BCUT2D eigenvalue weighted by atomic mass is 19.3. The molecule has 0 N–H and O–H groups in total. The molecule has 176 valence electrons. The quantitative estimate of drug-likeness (QED) is 0.528. The van der Waals surface area contributed by atoms with E-state index in [4.69, 9.17) is 0 Å². The number of halogens is 4. The molecule has 33 heavy (non-hydrogen) atoms. The van der Waals surface area contributed by atoms with Crippen molar-refractivity contribution in [1.82, 2.24) is 24.7 Å². The Labute approximate surface area is 188 Å². The van der Waals surface area contributed by atoms with Crippen LogP contribution < -0.4 is 9.80 Å². The predicted octanol–water partition coefficient (Wildman–Crippen LogP) is 4.23. The van der Waals surface area contributed by atoms with Crippen LogP contribution in [0.5, 0.6) is 0 Å². The molecular weight excluding hydrogens is 438 g/mol. The Bertz CT molecular complexity index is 1140. The van der Waals surface area contributed by atoms with E-state index in [9.17, 15) is 17.6 Å². The third-order valence-corrected chi connectivity index (χ3v) is 6.84. The van der Waals surface area contributed by atoms with Gasteiger partial charge in [0, 0.05) is 37.9 Å². The van der Waals surface area contributed by atoms with E-state index in [1.165, 1.54) is 23.0 Å². The molecule has 5 heterocycles. The van der Waals surface area contributed by atoms with Crippen molar-refractivity contribution in [3.05, 3.63) is 35.8 Å². The van der Waals surface area contributed by atoms with Gasteiger partial charge in [0.1, 0.15) is 23.7 Å². The molecule has 0 bridgehead atoms. The molecule has 2 fully saturated rings. The van der Waals surface area contributed by atoms with Gasteiger partial charge in [-0.25, -0.2) is 37.2 Å². The summed E-state index contributed by atoms with van der Waals surface area (Å²) < 4.78 is 53.2. The summed E-state index contributed by atoms with van der Waals surface area (Å²) in [5.41, 5.74) is 1.60. The Hall–Kier alpha value is -2.98. The smallest absolute Gasteiger partial charge is 0.264 e. The second kappa shape index (κ2) is 8.42. The Balaban J connectivity index is 1.29. The average molecular weight is 463 g/mol. The van der Waals surface area contributed by atoms with Crippen LogP contribution in [0.25, 0.3) is 11.2 Å². The van der Waals surface area contributed by atoms with Crippen LogP contribution in [0, 0.1) is 12.3 Å². The molecule has 0 saturated carbocycles. The van der Waals surface area contributed by atoms with Crippen molar-refractivity contribution in [2.45, 2.75) is 45.6 Å². The molecule has 2 aliphatic rings. The Morgan fingerprint density at radius 2 is 1.73 bits per heavy atom. The molecule has 0 radical (unpaired) electrons. The van der Waals surface area contributed by atoms with E-state index < -0.39 is 19.4 Å². The van der Waals surface area contributed by atoms with E-state index in [2.05, 4.69) is 29.9 Å². The lowest BCUT2D eigenvalue weighted by atomic mass is 9.78. The topological polar surface area (TPSA) is 63.0 Å². The predicted molar refractivity (Wildman–Crippen MR) is 116 cm³/mol. The highest BCUT2D eigenvalue weighted by Crippen LogP contribution is 2.42. The first-order valence-electron chi connectivity index (χ1n) is 11.1. The Morgan fingerprint density at radius 1 is 1.00 bits per heavy atom. The lowest BCUT2D eigenvalue weighted by Gasteiger charge is -2.40. The van der Waals surface area contributed by atoms with E-state index in [-0.39, 0.29) is 11.0 Å². The molecule has 0 aliphatic carbocycles. The van der Waals surface area contributed by atoms with E-state index in [1.807, 2.05) is 0 Å². The molecule has 2 saturated heterocycles. The zero-order valence-corrected chi connectivity index (χ0v) is 18.3. The summed E-state index contributed by atoms with van der Waals surface area (Å²) in [4.78, 5) is 17.6. The van der Waals surface area contributed by atoms with Crippen LogP contribution in [0.2, 0.25) is 0 Å². The minimum Gasteiger partial charge on any atom is -0.357 e. The first-order valence-corrected chi connectivity index (χ1v) is 11.1. The summed E-state index contributed by atoms with van der Waals surface area (Å²) in [5.74, 6) is 1.26. The number of aryl methyl sites for hydroxylation is 1. The van der Waals surface area contributed by atoms with Crippen LogP contribution in [0.3, 0.4) is 0 Å². The number of aromatic nitrogens is 5. The largest absolute Gasteiger partial charge is 0.357 e. The molecule has 0 unspecified atom stereocenters. The third kappa shape index (κ3) is 4.20. The number of alkyl halides is 4. The standard InChI is InChI=1S/C22H25F4N7/c1-14-19-21(33(30-14)12-16(23)24)29-18(11-28-19)32-9-5-22(13-32)3-7-31(8-4-22)17-10-15(20(25)26)2-6-27-17/h2,6,10-11,16,20H,3-5,7-9,12-13H2,1H3. The van der Waals surface area contributed by atoms with Crippen LogP contribution in [0.15, 0.2) is 24.5 Å². The van der Waals surface area contributed by atoms with Crippen molar-refractivity contribution in [2.75, 3.05) is 36.0 Å². The fourth-order valence-corrected chi connectivity index (χ4v) is 4.98. The van der Waals surface area contributed by atoms with Crippen LogP contribution in [-0.4, -0.2) is 57.3 Å². The maximum Gasteiger partial charge on any atom is 0.264 e. The molecule has 11 heteroatoms.